The molecule has 0 heterocycles. The fourth-order valence-electron chi connectivity index (χ4n) is 3.50. The highest BCUT2D eigenvalue weighted by Crippen LogP contribution is 2.27. The highest BCUT2D eigenvalue weighted by Gasteiger charge is 2.04. The van der Waals surface area contributed by atoms with Crippen LogP contribution in [0.1, 0.15) is 56.1 Å². The Bertz CT molecular complexity index is 649. The molecule has 0 bridgehead atoms. The van der Waals surface area contributed by atoms with Crippen LogP contribution in [0.3, 0.4) is 0 Å². The molecule has 2 aromatic carbocycles. The van der Waals surface area contributed by atoms with Crippen LogP contribution in [0.25, 0.3) is 0 Å². The maximum Gasteiger partial charge on any atom is 0.160 e. The zero-order chi connectivity index (χ0) is 19.9. The van der Waals surface area contributed by atoms with Gasteiger partial charge in [-0.3, -0.25) is 0 Å². The lowest BCUT2D eigenvalue weighted by Crippen LogP contribution is -2.18. The highest BCUT2D eigenvalue weighted by molar-refractivity contribution is 5.85. The van der Waals surface area contributed by atoms with Gasteiger partial charge in [-0.1, -0.05) is 68.5 Å². The third kappa shape index (κ3) is 10.6. The molecule has 1 N–H and O–H groups in total. The van der Waals surface area contributed by atoms with Crippen molar-refractivity contribution in [1.82, 2.24) is 5.32 Å². The van der Waals surface area contributed by atoms with E-state index in [1.54, 1.807) is 14.2 Å². The van der Waals surface area contributed by atoms with Crippen LogP contribution in [0.5, 0.6) is 11.5 Å². The molecule has 0 fully saturated rings. The van der Waals surface area contributed by atoms with E-state index in [0.717, 1.165) is 31.0 Å². The molecule has 0 saturated heterocycles. The third-order valence-corrected chi connectivity index (χ3v) is 5.20. The van der Waals surface area contributed by atoms with Crippen LogP contribution in [-0.2, 0) is 12.8 Å². The van der Waals surface area contributed by atoms with Crippen molar-refractivity contribution in [3.8, 4) is 11.5 Å². The number of ether oxygens (including phenoxy) is 2. The number of hydrogen-bond donors (Lipinski definition) is 1. The van der Waals surface area contributed by atoms with E-state index in [4.69, 9.17) is 9.47 Å². The Hall–Kier alpha value is -1.71. The molecular weight excluding hydrogens is 382 g/mol. The van der Waals surface area contributed by atoms with Gasteiger partial charge >= 0.3 is 0 Å². The molecule has 0 saturated carbocycles. The molecule has 0 aliphatic carbocycles. The number of unbranched alkanes of at least 4 members (excludes halogenated alkanes) is 6. The molecule has 29 heavy (non-hydrogen) atoms. The van der Waals surface area contributed by atoms with Gasteiger partial charge in [-0.05, 0) is 62.0 Å². The first kappa shape index (κ1) is 25.3. The summed E-state index contributed by atoms with van der Waals surface area (Å²) in [6.45, 7) is 2.12. The minimum Gasteiger partial charge on any atom is -0.493 e. The predicted octanol–water partition coefficient (Wildman–Crippen LogP) is 6.23. The molecule has 2 rings (SSSR count). The van der Waals surface area contributed by atoms with Crippen LogP contribution >= 0.6 is 12.4 Å². The van der Waals surface area contributed by atoms with Gasteiger partial charge in [-0.25, -0.2) is 0 Å². The molecule has 0 aliphatic heterocycles. The first-order chi connectivity index (χ1) is 13.8. The Morgan fingerprint density at radius 1 is 0.621 bits per heavy atom. The van der Waals surface area contributed by atoms with Gasteiger partial charge in [0.2, 0.25) is 0 Å². The van der Waals surface area contributed by atoms with E-state index in [1.807, 2.05) is 6.07 Å². The second kappa shape index (κ2) is 16.1. The van der Waals surface area contributed by atoms with E-state index in [9.17, 15) is 0 Å². The molecule has 0 unspecified atom stereocenters. The van der Waals surface area contributed by atoms with E-state index in [0.29, 0.717) is 0 Å². The maximum absolute atomic E-state index is 5.36. The first-order valence-corrected chi connectivity index (χ1v) is 10.8. The fourth-order valence-corrected chi connectivity index (χ4v) is 3.50. The molecule has 0 atom stereocenters. The van der Waals surface area contributed by atoms with Crippen molar-refractivity contribution in [1.29, 1.82) is 0 Å². The summed E-state index contributed by atoms with van der Waals surface area (Å²) in [5, 5.41) is 3.56. The van der Waals surface area contributed by atoms with Crippen LogP contribution in [0.4, 0.5) is 0 Å². The quantitative estimate of drug-likeness (QED) is 0.347. The molecule has 3 nitrogen and oxygen atoms in total. The van der Waals surface area contributed by atoms with Crippen LogP contribution < -0.4 is 14.8 Å². The number of rotatable bonds is 15. The van der Waals surface area contributed by atoms with Gasteiger partial charge in [0.25, 0.3) is 0 Å². The summed E-state index contributed by atoms with van der Waals surface area (Å²) in [5.41, 5.74) is 2.75. The lowest BCUT2D eigenvalue weighted by Gasteiger charge is -2.10. The van der Waals surface area contributed by atoms with Crippen LogP contribution in [0.15, 0.2) is 48.5 Å². The van der Waals surface area contributed by atoms with Gasteiger partial charge in [0.15, 0.2) is 11.5 Å². The summed E-state index contributed by atoms with van der Waals surface area (Å²) in [7, 11) is 3.35. The van der Waals surface area contributed by atoms with Crippen molar-refractivity contribution in [2.45, 2.75) is 57.8 Å². The normalized spacial score (nSPS) is 10.4. The third-order valence-electron chi connectivity index (χ3n) is 5.20. The summed E-state index contributed by atoms with van der Waals surface area (Å²) in [4.78, 5) is 0. The summed E-state index contributed by atoms with van der Waals surface area (Å²) in [6, 6.07) is 17.0. The van der Waals surface area contributed by atoms with E-state index < -0.39 is 0 Å². The summed E-state index contributed by atoms with van der Waals surface area (Å²) in [5.74, 6) is 1.60. The molecule has 0 amide bonds. The van der Waals surface area contributed by atoms with Crippen LogP contribution in [0.2, 0.25) is 0 Å². The lowest BCUT2D eigenvalue weighted by molar-refractivity contribution is 0.354. The van der Waals surface area contributed by atoms with E-state index in [-0.39, 0.29) is 12.4 Å². The Kier molecular flexibility index (Phi) is 14.1. The SMILES string of the molecule is COc1ccc(CCNCCCCCCCCCc2ccccc2)cc1OC.Cl. The number of aryl methyl sites for hydroxylation is 1. The Morgan fingerprint density at radius 2 is 1.28 bits per heavy atom. The van der Waals surface area contributed by atoms with Gasteiger partial charge in [-0.15, -0.1) is 12.4 Å². The van der Waals surface area contributed by atoms with Gasteiger partial charge in [0, 0.05) is 0 Å². The molecule has 0 spiro atoms. The average molecular weight is 420 g/mol. The van der Waals surface area contributed by atoms with Crippen molar-refractivity contribution in [3.05, 3.63) is 59.7 Å². The Balaban J connectivity index is 0.00000420. The molecule has 0 radical (unpaired) electrons. The van der Waals surface area contributed by atoms with E-state index in [1.165, 1.54) is 62.5 Å². The van der Waals surface area contributed by atoms with Crippen LogP contribution in [0, 0.1) is 0 Å². The minimum absolute atomic E-state index is 0. The monoisotopic (exact) mass is 419 g/mol. The number of halogens is 1. The molecule has 162 valence electrons. The van der Waals surface area contributed by atoms with Gasteiger partial charge in [0.1, 0.15) is 0 Å². The highest BCUT2D eigenvalue weighted by atomic mass is 35.5. The van der Waals surface area contributed by atoms with Crippen molar-refractivity contribution < 1.29 is 9.47 Å². The first-order valence-electron chi connectivity index (χ1n) is 10.8. The minimum atomic E-state index is 0. The lowest BCUT2D eigenvalue weighted by atomic mass is 10.0. The number of benzene rings is 2. The van der Waals surface area contributed by atoms with Crippen molar-refractivity contribution in [3.63, 3.8) is 0 Å². The Morgan fingerprint density at radius 3 is 1.97 bits per heavy atom. The largest absolute Gasteiger partial charge is 0.493 e. The van der Waals surface area contributed by atoms with Crippen LogP contribution in [-0.4, -0.2) is 27.3 Å². The molecule has 4 heteroatoms. The molecule has 2 aromatic rings. The fraction of sp³-hybridized carbons (Fsp3) is 0.520. The predicted molar refractivity (Wildman–Crippen MR) is 126 cm³/mol. The van der Waals surface area contributed by atoms with E-state index >= 15 is 0 Å². The van der Waals surface area contributed by atoms with Gasteiger partial charge < -0.3 is 14.8 Å². The second-order valence-corrected chi connectivity index (χ2v) is 7.40. The molecule has 0 aliphatic rings. The topological polar surface area (TPSA) is 30.5 Å². The van der Waals surface area contributed by atoms with Crippen molar-refractivity contribution in [2.75, 3.05) is 27.3 Å². The second-order valence-electron chi connectivity index (χ2n) is 7.40. The van der Waals surface area contributed by atoms with Crippen molar-refractivity contribution >= 4 is 12.4 Å². The smallest absolute Gasteiger partial charge is 0.160 e. The van der Waals surface area contributed by atoms with E-state index in [2.05, 4.69) is 47.8 Å². The standard InChI is InChI=1S/C25H37NO2.ClH/c1-27-24-17-16-23(21-25(24)28-2)18-20-26-19-12-7-5-3-4-6-9-13-22-14-10-8-11-15-22;/h8,10-11,14-17,21,26H,3-7,9,12-13,18-20H2,1-2H3;1H. The molecular formula is C25H38ClNO2. The average Bonchev–Trinajstić information content (AvgIpc) is 2.75. The maximum atomic E-state index is 5.36. The Labute approximate surface area is 183 Å². The summed E-state index contributed by atoms with van der Waals surface area (Å²) < 4.78 is 10.6. The number of hydrogen-bond acceptors (Lipinski definition) is 3. The van der Waals surface area contributed by atoms with Crippen molar-refractivity contribution in [2.24, 2.45) is 0 Å². The van der Waals surface area contributed by atoms with Gasteiger partial charge in [-0.2, -0.15) is 0 Å². The zero-order valence-corrected chi connectivity index (χ0v) is 18.9. The summed E-state index contributed by atoms with van der Waals surface area (Å²) in [6.07, 6.45) is 11.6. The number of methoxy groups -OCH3 is 2. The zero-order valence-electron chi connectivity index (χ0n) is 18.1. The number of nitrogens with one attached hydrogen (secondary N) is 1. The molecule has 0 aromatic heterocycles. The van der Waals surface area contributed by atoms with Gasteiger partial charge in [0.05, 0.1) is 14.2 Å². The summed E-state index contributed by atoms with van der Waals surface area (Å²) >= 11 is 0.